The Morgan fingerprint density at radius 1 is 1.13 bits per heavy atom. The molecule has 0 aliphatic heterocycles. The van der Waals surface area contributed by atoms with E-state index < -0.39 is 0 Å². The minimum atomic E-state index is -0.193. The van der Waals surface area contributed by atoms with E-state index in [1.54, 1.807) is 7.11 Å². The zero-order valence-electron chi connectivity index (χ0n) is 10.9. The first-order valence-corrected chi connectivity index (χ1v) is 6.17. The average Bonchev–Trinajstić information content (AvgIpc) is 2.15. The molecule has 2 N–H and O–H groups in total. The molecule has 0 spiro atoms. The monoisotopic (exact) mass is 213 g/mol. The summed E-state index contributed by atoms with van der Waals surface area (Å²) in [5.74, 6) is 2.26. The van der Waals surface area contributed by atoms with Crippen molar-refractivity contribution >= 4 is 0 Å². The van der Waals surface area contributed by atoms with Crippen LogP contribution in [0.3, 0.4) is 0 Å². The maximum atomic E-state index is 6.34. The van der Waals surface area contributed by atoms with Gasteiger partial charge in [-0.2, -0.15) is 0 Å². The molecule has 0 heterocycles. The van der Waals surface area contributed by atoms with Crippen molar-refractivity contribution in [3.8, 4) is 0 Å². The summed E-state index contributed by atoms with van der Waals surface area (Å²) in [6.45, 7) is 8.88. The van der Waals surface area contributed by atoms with Gasteiger partial charge < -0.3 is 10.5 Å². The molecule has 0 amide bonds. The molecule has 3 atom stereocenters. The highest BCUT2D eigenvalue weighted by Crippen LogP contribution is 2.37. The Morgan fingerprint density at radius 3 is 2.00 bits per heavy atom. The van der Waals surface area contributed by atoms with Crippen molar-refractivity contribution in [2.75, 3.05) is 7.11 Å². The molecule has 3 unspecified atom stereocenters. The summed E-state index contributed by atoms with van der Waals surface area (Å²) in [5, 5.41) is 0. The normalized spacial score (nSPS) is 35.2. The predicted octanol–water partition coefficient (Wildman–Crippen LogP) is 2.81. The summed E-state index contributed by atoms with van der Waals surface area (Å²) in [5.41, 5.74) is 6.14. The molecule has 0 radical (unpaired) electrons. The van der Waals surface area contributed by atoms with Crippen LogP contribution >= 0.6 is 0 Å². The van der Waals surface area contributed by atoms with E-state index in [-0.39, 0.29) is 11.6 Å². The van der Waals surface area contributed by atoms with Crippen molar-refractivity contribution in [3.05, 3.63) is 0 Å². The third-order valence-corrected chi connectivity index (χ3v) is 4.05. The molecule has 1 aliphatic rings. The molecule has 1 fully saturated rings. The van der Waals surface area contributed by atoms with Gasteiger partial charge in [-0.05, 0) is 50.9 Å². The zero-order valence-corrected chi connectivity index (χ0v) is 10.9. The van der Waals surface area contributed by atoms with Crippen LogP contribution in [0, 0.1) is 17.8 Å². The van der Waals surface area contributed by atoms with Crippen LogP contribution in [0.15, 0.2) is 0 Å². The summed E-state index contributed by atoms with van der Waals surface area (Å²) < 4.78 is 5.50. The lowest BCUT2D eigenvalue weighted by atomic mass is 9.71. The van der Waals surface area contributed by atoms with E-state index in [2.05, 4.69) is 27.7 Å². The fraction of sp³-hybridized carbons (Fsp3) is 1.00. The van der Waals surface area contributed by atoms with Crippen LogP contribution < -0.4 is 5.73 Å². The SMILES string of the molecule is COC(C)(C)C(N)C1CC(C)CC(C)C1. The minimum absolute atomic E-state index is 0.160. The Hall–Kier alpha value is -0.0800. The first kappa shape index (κ1) is 13.0. The van der Waals surface area contributed by atoms with Gasteiger partial charge in [0.1, 0.15) is 0 Å². The molecule has 0 saturated heterocycles. The Balaban J connectivity index is 2.62. The Morgan fingerprint density at radius 2 is 1.60 bits per heavy atom. The molecule has 2 nitrogen and oxygen atoms in total. The van der Waals surface area contributed by atoms with Crippen LogP contribution in [0.1, 0.15) is 47.0 Å². The fourth-order valence-corrected chi connectivity index (χ4v) is 3.01. The number of hydrogen-bond donors (Lipinski definition) is 1. The summed E-state index contributed by atoms with van der Waals surface area (Å²) in [7, 11) is 1.76. The summed E-state index contributed by atoms with van der Waals surface area (Å²) in [6, 6.07) is 0.160. The van der Waals surface area contributed by atoms with Crippen LogP contribution in [0.4, 0.5) is 0 Å². The number of rotatable bonds is 3. The second-order valence-electron chi connectivity index (χ2n) is 6.01. The van der Waals surface area contributed by atoms with E-state index in [9.17, 15) is 0 Å². The van der Waals surface area contributed by atoms with Gasteiger partial charge in [0.15, 0.2) is 0 Å². The highest BCUT2D eigenvalue weighted by atomic mass is 16.5. The molecule has 0 aromatic carbocycles. The van der Waals surface area contributed by atoms with E-state index in [1.165, 1.54) is 19.3 Å². The molecule has 1 aliphatic carbocycles. The minimum Gasteiger partial charge on any atom is -0.377 e. The molecule has 0 aromatic rings. The number of ether oxygens (including phenoxy) is 1. The summed E-state index contributed by atoms with van der Waals surface area (Å²) in [6.07, 6.45) is 3.88. The van der Waals surface area contributed by atoms with Gasteiger partial charge in [-0.15, -0.1) is 0 Å². The summed E-state index contributed by atoms with van der Waals surface area (Å²) in [4.78, 5) is 0. The van der Waals surface area contributed by atoms with Gasteiger partial charge in [0.25, 0.3) is 0 Å². The van der Waals surface area contributed by atoms with E-state index in [0.717, 1.165) is 11.8 Å². The first-order valence-electron chi connectivity index (χ1n) is 6.17. The lowest BCUT2D eigenvalue weighted by molar-refractivity contribution is -0.0264. The van der Waals surface area contributed by atoms with Crippen molar-refractivity contribution in [2.45, 2.75) is 58.6 Å². The topological polar surface area (TPSA) is 35.2 Å². The van der Waals surface area contributed by atoms with Gasteiger partial charge in [-0.3, -0.25) is 0 Å². The van der Waals surface area contributed by atoms with Crippen LogP contribution in [-0.4, -0.2) is 18.8 Å². The molecule has 0 bridgehead atoms. The van der Waals surface area contributed by atoms with Gasteiger partial charge in [0.2, 0.25) is 0 Å². The largest absolute Gasteiger partial charge is 0.377 e. The number of hydrogen-bond acceptors (Lipinski definition) is 2. The van der Waals surface area contributed by atoms with Crippen molar-refractivity contribution < 1.29 is 4.74 Å². The van der Waals surface area contributed by atoms with Gasteiger partial charge in [0.05, 0.1) is 5.60 Å². The van der Waals surface area contributed by atoms with E-state index in [1.807, 2.05) is 0 Å². The maximum absolute atomic E-state index is 6.34. The third kappa shape index (κ3) is 3.18. The Bertz CT molecular complexity index is 193. The highest BCUT2D eigenvalue weighted by molar-refractivity contribution is 4.91. The second kappa shape index (κ2) is 4.84. The smallest absolute Gasteiger partial charge is 0.0775 e. The van der Waals surface area contributed by atoms with Gasteiger partial charge >= 0.3 is 0 Å². The van der Waals surface area contributed by atoms with Crippen molar-refractivity contribution in [2.24, 2.45) is 23.5 Å². The number of nitrogens with two attached hydrogens (primary N) is 1. The van der Waals surface area contributed by atoms with Gasteiger partial charge in [-0.1, -0.05) is 13.8 Å². The van der Waals surface area contributed by atoms with Crippen LogP contribution in [0.5, 0.6) is 0 Å². The standard InChI is InChI=1S/C13H27NO/c1-9-6-10(2)8-11(7-9)12(14)13(3,4)15-5/h9-12H,6-8,14H2,1-5H3. The van der Waals surface area contributed by atoms with Crippen LogP contribution in [0.2, 0.25) is 0 Å². The van der Waals surface area contributed by atoms with Crippen molar-refractivity contribution in [3.63, 3.8) is 0 Å². The predicted molar refractivity (Wildman–Crippen MR) is 64.7 cm³/mol. The van der Waals surface area contributed by atoms with E-state index >= 15 is 0 Å². The molecule has 90 valence electrons. The molecular weight excluding hydrogens is 186 g/mol. The maximum Gasteiger partial charge on any atom is 0.0775 e. The highest BCUT2D eigenvalue weighted by Gasteiger charge is 2.36. The van der Waals surface area contributed by atoms with Crippen molar-refractivity contribution in [1.29, 1.82) is 0 Å². The zero-order chi connectivity index (χ0) is 11.6. The lowest BCUT2D eigenvalue weighted by Gasteiger charge is -2.41. The third-order valence-electron chi connectivity index (χ3n) is 4.05. The fourth-order valence-electron chi connectivity index (χ4n) is 3.01. The average molecular weight is 213 g/mol. The second-order valence-corrected chi connectivity index (χ2v) is 6.01. The quantitative estimate of drug-likeness (QED) is 0.782. The Labute approximate surface area is 94.6 Å². The van der Waals surface area contributed by atoms with Gasteiger partial charge in [-0.25, -0.2) is 0 Å². The number of methoxy groups -OCH3 is 1. The van der Waals surface area contributed by atoms with E-state index in [0.29, 0.717) is 5.92 Å². The molecule has 0 aromatic heterocycles. The van der Waals surface area contributed by atoms with Crippen LogP contribution in [0.25, 0.3) is 0 Å². The molecular formula is C13H27NO. The van der Waals surface area contributed by atoms with Gasteiger partial charge in [0, 0.05) is 13.2 Å². The first-order chi connectivity index (χ1) is 6.86. The molecule has 1 saturated carbocycles. The van der Waals surface area contributed by atoms with Crippen molar-refractivity contribution in [1.82, 2.24) is 0 Å². The molecule has 1 rings (SSSR count). The molecule has 2 heteroatoms. The summed E-state index contributed by atoms with van der Waals surface area (Å²) >= 11 is 0. The lowest BCUT2D eigenvalue weighted by Crippen LogP contribution is -2.51. The van der Waals surface area contributed by atoms with E-state index in [4.69, 9.17) is 10.5 Å². The Kier molecular flexibility index (Phi) is 4.19. The molecule has 15 heavy (non-hydrogen) atoms. The van der Waals surface area contributed by atoms with Crippen LogP contribution in [-0.2, 0) is 4.74 Å².